The van der Waals surface area contributed by atoms with Crippen LogP contribution in [0.4, 0.5) is 0 Å². The first-order valence-corrected chi connectivity index (χ1v) is 9.33. The van der Waals surface area contributed by atoms with Crippen LogP contribution in [0.25, 0.3) is 33.3 Å². The highest BCUT2D eigenvalue weighted by atomic mass is 35.5. The van der Waals surface area contributed by atoms with Gasteiger partial charge in [0.25, 0.3) is 5.56 Å². The van der Waals surface area contributed by atoms with E-state index in [1.807, 2.05) is 80.6 Å². The topological polar surface area (TPSA) is 34.9 Å². The van der Waals surface area contributed by atoms with Crippen LogP contribution < -0.4 is 5.56 Å². The molecule has 2 heterocycles. The van der Waals surface area contributed by atoms with Crippen molar-refractivity contribution in [2.24, 2.45) is 0 Å². The maximum absolute atomic E-state index is 13.5. The quantitative estimate of drug-likeness (QED) is 0.460. The third-order valence-electron chi connectivity index (χ3n) is 4.74. The summed E-state index contributed by atoms with van der Waals surface area (Å²) in [5, 5.41) is 1.59. The fourth-order valence-corrected chi connectivity index (χ4v) is 3.72. The van der Waals surface area contributed by atoms with Crippen molar-refractivity contribution in [3.63, 3.8) is 0 Å². The summed E-state index contributed by atoms with van der Waals surface area (Å²) in [6.07, 6.45) is 0. The van der Waals surface area contributed by atoms with Crippen molar-refractivity contribution in [1.82, 2.24) is 9.55 Å². The molecule has 0 atom stereocenters. The molecule has 0 radical (unpaired) electrons. The number of halogens is 1. The van der Waals surface area contributed by atoms with E-state index in [2.05, 4.69) is 4.98 Å². The highest BCUT2D eigenvalue weighted by Crippen LogP contribution is 2.36. The first kappa shape index (κ1) is 17.5. The lowest BCUT2D eigenvalue weighted by Crippen LogP contribution is -2.23. The van der Waals surface area contributed by atoms with Gasteiger partial charge in [0.05, 0.1) is 5.56 Å². The lowest BCUT2D eigenvalue weighted by molar-refractivity contribution is 0.750. The molecule has 0 saturated carbocycles. The molecular weight excluding hydrogens is 356 g/mol. The Labute approximate surface area is 162 Å². The Bertz CT molecular complexity index is 1200. The van der Waals surface area contributed by atoms with Crippen molar-refractivity contribution in [1.29, 1.82) is 0 Å². The van der Waals surface area contributed by atoms with Gasteiger partial charge in [0, 0.05) is 28.2 Å². The number of pyridine rings is 2. The van der Waals surface area contributed by atoms with Crippen molar-refractivity contribution in [3.8, 4) is 22.3 Å². The van der Waals surface area contributed by atoms with Gasteiger partial charge in [-0.1, -0.05) is 54.1 Å². The zero-order chi connectivity index (χ0) is 19.0. The van der Waals surface area contributed by atoms with Crippen LogP contribution in [0.15, 0.2) is 71.5 Å². The van der Waals surface area contributed by atoms with Crippen LogP contribution in [0.1, 0.15) is 12.6 Å². The molecule has 0 N–H and O–H groups in total. The highest BCUT2D eigenvalue weighted by molar-refractivity contribution is 6.31. The average molecular weight is 375 g/mol. The van der Waals surface area contributed by atoms with Crippen molar-refractivity contribution in [2.45, 2.75) is 20.4 Å². The van der Waals surface area contributed by atoms with E-state index in [4.69, 9.17) is 11.6 Å². The molecule has 4 aromatic rings. The summed E-state index contributed by atoms with van der Waals surface area (Å²) in [5.41, 5.74) is 4.91. The van der Waals surface area contributed by atoms with Gasteiger partial charge in [0.15, 0.2) is 0 Å². The Kier molecular flexibility index (Phi) is 4.54. The molecule has 0 fully saturated rings. The summed E-state index contributed by atoms with van der Waals surface area (Å²) >= 11 is 6.27. The maximum Gasteiger partial charge on any atom is 0.260 e. The number of hydrogen-bond donors (Lipinski definition) is 0. The Morgan fingerprint density at radius 1 is 0.926 bits per heavy atom. The zero-order valence-electron chi connectivity index (χ0n) is 15.2. The maximum atomic E-state index is 13.5. The molecule has 0 aliphatic carbocycles. The fourth-order valence-electron chi connectivity index (χ4n) is 3.53. The molecule has 2 aromatic heterocycles. The normalized spacial score (nSPS) is 11.1. The second-order valence-corrected chi connectivity index (χ2v) is 6.94. The third kappa shape index (κ3) is 3.04. The minimum atomic E-state index is -0.0377. The van der Waals surface area contributed by atoms with Gasteiger partial charge < -0.3 is 0 Å². The van der Waals surface area contributed by atoms with Gasteiger partial charge in [-0.15, -0.1) is 0 Å². The molecule has 0 aliphatic heterocycles. The van der Waals surface area contributed by atoms with E-state index in [0.717, 1.165) is 27.8 Å². The number of aromatic nitrogens is 2. The van der Waals surface area contributed by atoms with Crippen molar-refractivity contribution < 1.29 is 0 Å². The Morgan fingerprint density at radius 2 is 1.67 bits per heavy atom. The molecule has 0 unspecified atom stereocenters. The van der Waals surface area contributed by atoms with E-state index >= 15 is 0 Å². The predicted octanol–water partition coefficient (Wildman–Crippen LogP) is 5.71. The van der Waals surface area contributed by atoms with Crippen LogP contribution in [0.3, 0.4) is 0 Å². The molecule has 2 aromatic carbocycles. The zero-order valence-corrected chi connectivity index (χ0v) is 16.0. The number of nitrogens with zero attached hydrogens (tertiary/aromatic N) is 2. The molecule has 0 amide bonds. The standard InChI is InChI=1S/C23H19ClN2O/c1-3-26-22-19(13-12-15(2)25-22)20(17-10-7-11-18(24)14-17)21(23(26)27)16-8-5-4-6-9-16/h4-14H,3H2,1-2H3. The van der Waals surface area contributed by atoms with E-state index in [1.54, 1.807) is 4.57 Å². The Balaban J connectivity index is 2.24. The van der Waals surface area contributed by atoms with E-state index in [9.17, 15) is 4.79 Å². The predicted molar refractivity (Wildman–Crippen MR) is 112 cm³/mol. The fraction of sp³-hybridized carbons (Fsp3) is 0.130. The molecule has 4 heteroatoms. The van der Waals surface area contributed by atoms with Crippen LogP contribution in [0.5, 0.6) is 0 Å². The Hall–Kier alpha value is -2.91. The smallest absolute Gasteiger partial charge is 0.260 e. The highest BCUT2D eigenvalue weighted by Gasteiger charge is 2.20. The first-order valence-electron chi connectivity index (χ1n) is 8.95. The van der Waals surface area contributed by atoms with Gasteiger partial charge in [-0.05, 0) is 49.2 Å². The molecule has 0 aliphatic rings. The summed E-state index contributed by atoms with van der Waals surface area (Å²) in [7, 11) is 0. The van der Waals surface area contributed by atoms with Gasteiger partial charge in [0.1, 0.15) is 5.65 Å². The van der Waals surface area contributed by atoms with Crippen LogP contribution in [-0.4, -0.2) is 9.55 Å². The number of rotatable bonds is 3. The van der Waals surface area contributed by atoms with Crippen molar-refractivity contribution in [2.75, 3.05) is 0 Å². The van der Waals surface area contributed by atoms with Crippen LogP contribution in [-0.2, 0) is 6.54 Å². The molecule has 0 bridgehead atoms. The van der Waals surface area contributed by atoms with Gasteiger partial charge in [0.2, 0.25) is 0 Å². The SMILES string of the molecule is CCn1c(=O)c(-c2ccccc2)c(-c2cccc(Cl)c2)c2ccc(C)nc21. The lowest BCUT2D eigenvalue weighted by Gasteiger charge is -2.17. The molecule has 3 nitrogen and oxygen atoms in total. The molecule has 0 spiro atoms. The molecule has 134 valence electrons. The first-order chi connectivity index (χ1) is 13.1. The van der Waals surface area contributed by atoms with E-state index < -0.39 is 0 Å². The largest absolute Gasteiger partial charge is 0.292 e. The second-order valence-electron chi connectivity index (χ2n) is 6.50. The number of benzene rings is 2. The molecule has 4 rings (SSSR count). The summed E-state index contributed by atoms with van der Waals surface area (Å²) in [5.74, 6) is 0. The Morgan fingerprint density at radius 3 is 2.37 bits per heavy atom. The second kappa shape index (κ2) is 7.01. The number of aryl methyl sites for hydroxylation is 2. The third-order valence-corrected chi connectivity index (χ3v) is 4.98. The van der Waals surface area contributed by atoms with Gasteiger partial charge in [-0.3, -0.25) is 9.36 Å². The van der Waals surface area contributed by atoms with Gasteiger partial charge in [-0.2, -0.15) is 0 Å². The molecular formula is C23H19ClN2O. The van der Waals surface area contributed by atoms with Crippen molar-refractivity contribution in [3.05, 3.63) is 87.8 Å². The summed E-state index contributed by atoms with van der Waals surface area (Å²) in [6.45, 7) is 4.47. The summed E-state index contributed by atoms with van der Waals surface area (Å²) < 4.78 is 1.75. The van der Waals surface area contributed by atoms with E-state index in [0.29, 0.717) is 22.8 Å². The average Bonchev–Trinajstić information content (AvgIpc) is 2.67. The number of fused-ring (bicyclic) bond motifs is 1. The molecule has 0 saturated heterocycles. The van der Waals surface area contributed by atoms with Gasteiger partial charge >= 0.3 is 0 Å². The molecule has 27 heavy (non-hydrogen) atoms. The van der Waals surface area contributed by atoms with E-state index in [-0.39, 0.29) is 5.56 Å². The minimum absolute atomic E-state index is 0.0377. The van der Waals surface area contributed by atoms with Crippen LogP contribution in [0, 0.1) is 6.92 Å². The van der Waals surface area contributed by atoms with Gasteiger partial charge in [-0.25, -0.2) is 4.98 Å². The monoisotopic (exact) mass is 374 g/mol. The number of hydrogen-bond acceptors (Lipinski definition) is 2. The minimum Gasteiger partial charge on any atom is -0.292 e. The van der Waals surface area contributed by atoms with Crippen LogP contribution >= 0.6 is 11.6 Å². The lowest BCUT2D eigenvalue weighted by atomic mass is 9.93. The van der Waals surface area contributed by atoms with Crippen LogP contribution in [0.2, 0.25) is 5.02 Å². The van der Waals surface area contributed by atoms with E-state index in [1.165, 1.54) is 0 Å². The summed E-state index contributed by atoms with van der Waals surface area (Å²) in [4.78, 5) is 18.2. The summed E-state index contributed by atoms with van der Waals surface area (Å²) in [6, 6.07) is 21.5. The van der Waals surface area contributed by atoms with Crippen molar-refractivity contribution >= 4 is 22.6 Å².